The molecule has 0 radical (unpaired) electrons. The van der Waals surface area contributed by atoms with E-state index in [1.807, 2.05) is 0 Å². The van der Waals surface area contributed by atoms with Crippen LogP contribution in [0.2, 0.25) is 0 Å². The molecule has 2 fully saturated rings. The third-order valence-corrected chi connectivity index (χ3v) is 12.3. The van der Waals surface area contributed by atoms with E-state index in [9.17, 15) is 48.9 Å². The number of carbonyl (C=O) groups is 7. The molecule has 0 saturated carbocycles. The fourth-order valence-corrected chi connectivity index (χ4v) is 9.41. The summed E-state index contributed by atoms with van der Waals surface area (Å²) in [5.41, 5.74) is 0.00654. The Kier molecular flexibility index (Phi) is 10.2. The number of thioether (sulfide) groups is 2. The first-order valence-corrected chi connectivity index (χ1v) is 18.5. The number of amides is 7. The number of phenols is 2. The number of aromatic hydroxyl groups is 2. The molecule has 51 heavy (non-hydrogen) atoms. The van der Waals surface area contributed by atoms with Gasteiger partial charge in [0.25, 0.3) is 5.91 Å². The lowest BCUT2D eigenvalue weighted by atomic mass is 9.94. The largest absolute Gasteiger partial charge is 0.504 e. The molecule has 0 bridgehead atoms. The lowest BCUT2D eigenvalue weighted by Crippen LogP contribution is -2.85. The average molecular weight is 775 g/mol. The zero-order valence-electron chi connectivity index (χ0n) is 25.9. The van der Waals surface area contributed by atoms with Gasteiger partial charge in [-0.15, -0.1) is 33.3 Å². The van der Waals surface area contributed by atoms with E-state index in [1.165, 1.54) is 52.9 Å². The van der Waals surface area contributed by atoms with Crippen LogP contribution in [-0.4, -0.2) is 118 Å². The topological polar surface area (TPSA) is 252 Å². The number of thiophene rings is 1. The van der Waals surface area contributed by atoms with Crippen LogP contribution in [0.15, 0.2) is 56.8 Å². The van der Waals surface area contributed by atoms with Gasteiger partial charge in [-0.1, -0.05) is 35.2 Å². The summed E-state index contributed by atoms with van der Waals surface area (Å²) in [4.78, 5) is 94.3. The molecule has 2 saturated heterocycles. The number of fused-ring (bicyclic) bond motifs is 1. The minimum atomic E-state index is -2.08. The maximum absolute atomic E-state index is 13.9. The summed E-state index contributed by atoms with van der Waals surface area (Å²) in [6, 6.07) is 4.45. The number of nitrogens with zero attached hydrogens (tertiary/aromatic N) is 5. The first-order chi connectivity index (χ1) is 24.4. The fraction of sp³-hybridized carbons (Fsp3) is 0.276. The molecule has 7 amide bonds. The van der Waals surface area contributed by atoms with E-state index in [-0.39, 0.29) is 53.9 Å². The predicted molar refractivity (Wildman–Crippen MR) is 181 cm³/mol. The molecule has 5 heterocycles. The van der Waals surface area contributed by atoms with Crippen LogP contribution in [0.3, 0.4) is 0 Å². The molecule has 0 spiro atoms. The van der Waals surface area contributed by atoms with E-state index < -0.39 is 58.5 Å². The molecular formula is C29H26N8O10S4. The summed E-state index contributed by atoms with van der Waals surface area (Å²) >= 11 is 4.70. The zero-order valence-corrected chi connectivity index (χ0v) is 29.1. The Hall–Kier alpha value is -5.19. The summed E-state index contributed by atoms with van der Waals surface area (Å²) in [6.07, 6.45) is 0.198. The smallest absolute Gasteiger partial charge is 0.352 e. The standard InChI is InChI=1S/C29H26N8O10S4/c38-12-30-29(25(46)37-20(24(44)45)15(10-49-26(29)37)11-50-28-34-31-13-51-28)33-21(41)19(18-2-1-7-48-18)32-27(47)36-6-5-35(22(42)23(36)43)9-14-3-4-16(39)17(40)8-14/h1-4,7-8,12-13,19,26,39-40H,5-6,9-11H2,(H,30,38)(H,32,47)(H,33,41)(H,44,45)/t19?,26-,29-/m1/s1. The second-order valence-electron chi connectivity index (χ2n) is 11.1. The molecule has 3 aliphatic rings. The number of urea groups is 1. The van der Waals surface area contributed by atoms with Gasteiger partial charge in [-0.05, 0) is 34.7 Å². The second kappa shape index (κ2) is 14.6. The van der Waals surface area contributed by atoms with Gasteiger partial charge in [0.2, 0.25) is 18.0 Å². The first-order valence-electron chi connectivity index (χ1n) is 14.7. The van der Waals surface area contributed by atoms with Crippen LogP contribution < -0.4 is 16.0 Å². The van der Waals surface area contributed by atoms with Crippen molar-refractivity contribution in [2.24, 2.45) is 0 Å². The molecule has 18 nitrogen and oxygen atoms in total. The maximum atomic E-state index is 13.9. The van der Waals surface area contributed by atoms with E-state index in [0.717, 1.165) is 32.9 Å². The average Bonchev–Trinajstić information content (AvgIpc) is 3.84. The van der Waals surface area contributed by atoms with Crippen molar-refractivity contribution in [3.05, 3.63) is 62.9 Å². The van der Waals surface area contributed by atoms with Crippen LogP contribution in [0.4, 0.5) is 4.79 Å². The van der Waals surface area contributed by atoms with E-state index in [0.29, 0.717) is 20.4 Å². The van der Waals surface area contributed by atoms with Gasteiger partial charge in [-0.25, -0.2) is 9.59 Å². The van der Waals surface area contributed by atoms with Gasteiger partial charge in [0.05, 0.1) is 0 Å². The van der Waals surface area contributed by atoms with Gasteiger partial charge in [0.1, 0.15) is 22.6 Å². The van der Waals surface area contributed by atoms with Crippen molar-refractivity contribution in [3.63, 3.8) is 0 Å². The van der Waals surface area contributed by atoms with Gasteiger partial charge in [-0.2, -0.15) is 0 Å². The molecule has 0 aliphatic carbocycles. The number of rotatable bonds is 12. The number of phenolic OH excluding ortho intramolecular Hbond substituents is 2. The third kappa shape index (κ3) is 6.81. The van der Waals surface area contributed by atoms with Crippen molar-refractivity contribution < 1.29 is 48.9 Å². The summed E-state index contributed by atoms with van der Waals surface area (Å²) in [5.74, 6) is -5.89. The van der Waals surface area contributed by atoms with E-state index in [1.54, 1.807) is 11.4 Å². The quantitative estimate of drug-likeness (QED) is 0.0360. The SMILES string of the molecule is O=CN[C@@]1(NC(=O)C(NC(=O)N2CCN(Cc3ccc(O)c(O)c3)C(=O)C2=O)c2cccs2)C(=O)N2C(C(=O)O)=C(CSc3nncs3)CS[C@@H]21. The Bertz CT molecular complexity index is 1940. The Balaban J connectivity index is 1.17. The molecule has 266 valence electrons. The molecule has 6 rings (SSSR count). The van der Waals surface area contributed by atoms with Crippen LogP contribution in [0.25, 0.3) is 0 Å². The second-order valence-corrected chi connectivity index (χ2v) is 15.2. The Morgan fingerprint density at radius 3 is 2.57 bits per heavy atom. The zero-order chi connectivity index (χ0) is 36.4. The summed E-state index contributed by atoms with van der Waals surface area (Å²) in [6.45, 7) is -0.412. The number of nitrogens with one attached hydrogen (secondary N) is 3. The summed E-state index contributed by atoms with van der Waals surface area (Å²) in [5, 5.41) is 44.9. The normalized spacial score (nSPS) is 20.7. The number of piperazine rings is 1. The van der Waals surface area contributed by atoms with Crippen LogP contribution in [0.1, 0.15) is 16.5 Å². The number of benzene rings is 1. The van der Waals surface area contributed by atoms with E-state index in [4.69, 9.17) is 0 Å². The van der Waals surface area contributed by atoms with E-state index in [2.05, 4.69) is 26.1 Å². The van der Waals surface area contributed by atoms with Gasteiger partial charge in [0.15, 0.2) is 15.8 Å². The van der Waals surface area contributed by atoms with Crippen LogP contribution in [0.5, 0.6) is 11.5 Å². The van der Waals surface area contributed by atoms with Crippen LogP contribution in [0, 0.1) is 0 Å². The molecule has 1 aromatic carbocycles. The van der Waals surface area contributed by atoms with Crippen LogP contribution >= 0.6 is 46.2 Å². The van der Waals surface area contributed by atoms with Crippen molar-refractivity contribution in [2.45, 2.75) is 28.0 Å². The molecule has 2 aromatic heterocycles. The van der Waals surface area contributed by atoms with Crippen LogP contribution in [-0.2, 0) is 35.3 Å². The number of aliphatic carboxylic acids is 1. The maximum Gasteiger partial charge on any atom is 0.352 e. The monoisotopic (exact) mass is 774 g/mol. The highest BCUT2D eigenvalue weighted by atomic mass is 32.2. The number of carboxylic acid groups (broad SMARTS) is 1. The molecular weight excluding hydrogens is 749 g/mol. The Labute approximate surface area is 303 Å². The molecule has 6 N–H and O–H groups in total. The van der Waals surface area contributed by atoms with Gasteiger partial charge in [0, 0.05) is 36.0 Å². The minimum absolute atomic E-state index is 0.0776. The van der Waals surface area contributed by atoms with Crippen molar-refractivity contribution >= 4 is 88.2 Å². The highest BCUT2D eigenvalue weighted by Crippen LogP contribution is 2.46. The molecule has 22 heteroatoms. The van der Waals surface area contributed by atoms with Gasteiger partial charge < -0.3 is 36.2 Å². The molecule has 3 aliphatic heterocycles. The third-order valence-electron chi connectivity index (χ3n) is 8.00. The van der Waals surface area contributed by atoms with Crippen molar-refractivity contribution in [1.29, 1.82) is 0 Å². The molecule has 3 aromatic rings. The summed E-state index contributed by atoms with van der Waals surface area (Å²) < 4.78 is 0.600. The Morgan fingerprint density at radius 2 is 1.90 bits per heavy atom. The number of hydrogen-bond acceptors (Lipinski definition) is 15. The number of carboxylic acids is 1. The highest BCUT2D eigenvalue weighted by molar-refractivity contribution is 8.01. The fourth-order valence-electron chi connectivity index (χ4n) is 5.58. The van der Waals surface area contributed by atoms with Crippen molar-refractivity contribution in [3.8, 4) is 11.5 Å². The number of β-lactam (4-membered cyclic amide) rings is 1. The first kappa shape index (κ1) is 35.6. The number of imide groups is 1. The van der Waals surface area contributed by atoms with Gasteiger partial charge >= 0.3 is 23.8 Å². The van der Waals surface area contributed by atoms with Gasteiger partial charge in [-0.3, -0.25) is 33.8 Å². The number of aromatic nitrogens is 2. The highest BCUT2D eigenvalue weighted by Gasteiger charge is 2.66. The predicted octanol–water partition coefficient (Wildman–Crippen LogP) is 0.237. The summed E-state index contributed by atoms with van der Waals surface area (Å²) in [7, 11) is 0. The van der Waals surface area contributed by atoms with Crippen molar-refractivity contribution in [1.82, 2.24) is 40.8 Å². The number of hydrogen-bond donors (Lipinski definition) is 6. The number of carbonyl (C=O) groups excluding carboxylic acids is 6. The van der Waals surface area contributed by atoms with E-state index >= 15 is 0 Å². The molecule has 3 atom stereocenters. The lowest BCUT2D eigenvalue weighted by Gasteiger charge is -2.56. The Morgan fingerprint density at radius 1 is 1.10 bits per heavy atom. The van der Waals surface area contributed by atoms with Crippen molar-refractivity contribution in [2.75, 3.05) is 24.6 Å². The lowest BCUT2D eigenvalue weighted by molar-refractivity contribution is -0.163. The minimum Gasteiger partial charge on any atom is -0.504 e. The molecule has 1 unspecified atom stereocenters.